The Bertz CT molecular complexity index is 1930. The number of carbonyl (C=O) groups excluding carboxylic acids is 2. The smallest absolute Gasteiger partial charge is 0.255 e. The highest BCUT2D eigenvalue weighted by Gasteiger charge is 2.43. The molecule has 51 heavy (non-hydrogen) atoms. The van der Waals surface area contributed by atoms with Crippen molar-refractivity contribution in [3.05, 3.63) is 155 Å². The van der Waals surface area contributed by atoms with Crippen molar-refractivity contribution in [1.29, 1.82) is 0 Å². The molecule has 4 atom stereocenters. The summed E-state index contributed by atoms with van der Waals surface area (Å²) < 4.78 is 13.8. The van der Waals surface area contributed by atoms with Crippen LogP contribution in [0.3, 0.4) is 0 Å². The van der Waals surface area contributed by atoms with E-state index in [4.69, 9.17) is 9.47 Å². The van der Waals surface area contributed by atoms with Gasteiger partial charge in [0.25, 0.3) is 5.91 Å². The monoisotopic (exact) mass is 683 g/mol. The minimum Gasteiger partial charge on any atom is -0.392 e. The van der Waals surface area contributed by atoms with Crippen LogP contribution in [0.5, 0.6) is 0 Å². The van der Waals surface area contributed by atoms with Gasteiger partial charge in [-0.2, -0.15) is 0 Å². The summed E-state index contributed by atoms with van der Waals surface area (Å²) in [7, 11) is 0. The van der Waals surface area contributed by atoms with Crippen molar-refractivity contribution in [1.82, 2.24) is 14.9 Å². The normalized spacial score (nSPS) is 20.9. The number of hydrogen-bond donors (Lipinski definition) is 2. The third-order valence-electron chi connectivity index (χ3n) is 9.56. The van der Waals surface area contributed by atoms with Gasteiger partial charge in [-0.25, -0.2) is 9.97 Å². The molecule has 2 fully saturated rings. The third-order valence-corrected chi connectivity index (χ3v) is 9.56. The van der Waals surface area contributed by atoms with Gasteiger partial charge < -0.3 is 24.8 Å². The molecule has 3 heterocycles. The molecule has 10 nitrogen and oxygen atoms in total. The van der Waals surface area contributed by atoms with Gasteiger partial charge >= 0.3 is 0 Å². The number of rotatable bonds is 10. The quantitative estimate of drug-likeness (QED) is 0.166. The number of ether oxygens (including phenoxy) is 2. The lowest BCUT2D eigenvalue weighted by molar-refractivity contribution is -0.263. The van der Waals surface area contributed by atoms with Crippen molar-refractivity contribution < 1.29 is 24.2 Å². The number of hydrogen-bond acceptors (Lipinski definition) is 9. The predicted molar refractivity (Wildman–Crippen MR) is 195 cm³/mol. The van der Waals surface area contributed by atoms with Gasteiger partial charge in [-0.1, -0.05) is 78.9 Å². The molecule has 1 aromatic heterocycles. The topological polar surface area (TPSA) is 117 Å². The van der Waals surface area contributed by atoms with Gasteiger partial charge in [0, 0.05) is 73.4 Å². The van der Waals surface area contributed by atoms with E-state index in [9.17, 15) is 14.7 Å². The van der Waals surface area contributed by atoms with Crippen LogP contribution >= 0.6 is 0 Å². The fraction of sp³-hybridized carbons (Fsp3) is 0.268. The first-order valence-electron chi connectivity index (χ1n) is 17.3. The van der Waals surface area contributed by atoms with E-state index >= 15 is 0 Å². The minimum absolute atomic E-state index is 0.0455. The van der Waals surface area contributed by atoms with Gasteiger partial charge in [-0.3, -0.25) is 14.5 Å². The van der Waals surface area contributed by atoms with Gasteiger partial charge in [0.15, 0.2) is 12.1 Å². The fourth-order valence-electron chi connectivity index (χ4n) is 6.85. The average molecular weight is 684 g/mol. The summed E-state index contributed by atoms with van der Waals surface area (Å²) in [6.45, 7) is 5.36. The van der Waals surface area contributed by atoms with Crippen LogP contribution in [0.2, 0.25) is 0 Å². The Morgan fingerprint density at radius 3 is 2.20 bits per heavy atom. The standard InChI is InChI=1S/C41H41N5O5/c1-28(48)32-10-6-13-35(25-32)44-39(49)33-11-5-12-34(24-33)40-50-36(26-45-20-22-46(23-21-45)41-42-18-7-19-43-41)37(30-8-3-2-4-9-30)38(51-40)31-16-14-29(27-47)15-17-31/h2-19,24-25,36-38,40,47H,20-23,26-27H2,1H3,(H,44,49)/t36-,37-,38+,40?/m1/s1. The lowest BCUT2D eigenvalue weighted by atomic mass is 9.83. The molecule has 7 rings (SSSR count). The summed E-state index contributed by atoms with van der Waals surface area (Å²) in [6, 6.07) is 34.3. The Hall–Kier alpha value is -5.26. The molecule has 4 aromatic carbocycles. The van der Waals surface area contributed by atoms with Gasteiger partial charge in [0.1, 0.15) is 0 Å². The van der Waals surface area contributed by atoms with Crippen molar-refractivity contribution >= 4 is 23.3 Å². The molecular formula is C41H41N5O5. The van der Waals surface area contributed by atoms with Crippen LogP contribution in [-0.4, -0.2) is 70.5 Å². The third kappa shape index (κ3) is 8.05. The van der Waals surface area contributed by atoms with Crippen LogP contribution in [0.25, 0.3) is 0 Å². The second-order valence-electron chi connectivity index (χ2n) is 13.0. The van der Waals surface area contributed by atoms with E-state index in [2.05, 4.69) is 37.2 Å². The van der Waals surface area contributed by atoms with Crippen LogP contribution in [-0.2, 0) is 16.1 Å². The molecule has 260 valence electrons. The number of carbonyl (C=O) groups is 2. The van der Waals surface area contributed by atoms with E-state index in [0.29, 0.717) is 23.4 Å². The molecule has 0 aliphatic carbocycles. The molecule has 0 bridgehead atoms. The predicted octanol–water partition coefficient (Wildman–Crippen LogP) is 6.19. The van der Waals surface area contributed by atoms with E-state index in [-0.39, 0.29) is 36.4 Å². The van der Waals surface area contributed by atoms with Crippen LogP contribution in [0.4, 0.5) is 11.6 Å². The summed E-state index contributed by atoms with van der Waals surface area (Å²) in [5.41, 5.74) is 5.14. The van der Waals surface area contributed by atoms with Crippen LogP contribution in [0, 0.1) is 0 Å². The highest BCUT2D eigenvalue weighted by atomic mass is 16.7. The number of amides is 1. The second-order valence-corrected chi connectivity index (χ2v) is 13.0. The number of nitrogens with zero attached hydrogens (tertiary/aromatic N) is 4. The zero-order valence-corrected chi connectivity index (χ0v) is 28.5. The number of aromatic nitrogens is 2. The Balaban J connectivity index is 1.18. The zero-order valence-electron chi connectivity index (χ0n) is 28.5. The molecule has 0 spiro atoms. The molecule has 0 radical (unpaired) electrons. The number of aliphatic hydroxyl groups is 1. The van der Waals surface area contributed by atoms with E-state index in [1.54, 1.807) is 48.8 Å². The van der Waals surface area contributed by atoms with Crippen LogP contribution in [0.15, 0.2) is 122 Å². The molecule has 2 N–H and O–H groups in total. The molecule has 5 aromatic rings. The minimum atomic E-state index is -0.759. The molecule has 10 heteroatoms. The average Bonchev–Trinajstić information content (AvgIpc) is 3.19. The summed E-state index contributed by atoms with van der Waals surface area (Å²) in [4.78, 5) is 38.9. The maximum atomic E-state index is 13.5. The molecule has 0 saturated carbocycles. The summed E-state index contributed by atoms with van der Waals surface area (Å²) >= 11 is 0. The number of piperazine rings is 1. The van der Waals surface area contributed by atoms with E-state index in [0.717, 1.165) is 54.4 Å². The maximum Gasteiger partial charge on any atom is 0.255 e. The first-order valence-corrected chi connectivity index (χ1v) is 17.3. The highest BCUT2D eigenvalue weighted by molar-refractivity contribution is 6.05. The summed E-state index contributed by atoms with van der Waals surface area (Å²) in [5, 5.41) is 12.7. The largest absolute Gasteiger partial charge is 0.392 e. The van der Waals surface area contributed by atoms with Crippen molar-refractivity contribution in [3.63, 3.8) is 0 Å². The van der Waals surface area contributed by atoms with Crippen LogP contribution in [0.1, 0.15) is 68.2 Å². The van der Waals surface area contributed by atoms with Gasteiger partial charge in [0.2, 0.25) is 5.95 Å². The number of aliphatic hydroxyl groups excluding tert-OH is 1. The number of ketones is 1. The van der Waals surface area contributed by atoms with E-state index in [1.165, 1.54) is 6.92 Å². The number of nitrogens with one attached hydrogen (secondary N) is 1. The first kappa shape index (κ1) is 34.2. The van der Waals surface area contributed by atoms with Crippen molar-refractivity contribution in [2.45, 2.75) is 37.9 Å². The van der Waals surface area contributed by atoms with E-state index in [1.807, 2.05) is 60.7 Å². The molecule has 1 unspecified atom stereocenters. The fourth-order valence-corrected chi connectivity index (χ4v) is 6.85. The Labute approximate surface area is 297 Å². The van der Waals surface area contributed by atoms with Crippen molar-refractivity contribution in [2.75, 3.05) is 42.9 Å². The molecule has 2 saturated heterocycles. The number of Topliss-reactive ketones (excluding diaryl/α,β-unsaturated/α-hetero) is 1. The molecular weight excluding hydrogens is 642 g/mol. The lowest BCUT2D eigenvalue weighted by Gasteiger charge is -2.45. The number of benzene rings is 4. The lowest BCUT2D eigenvalue weighted by Crippen LogP contribution is -2.51. The van der Waals surface area contributed by atoms with Crippen molar-refractivity contribution in [2.24, 2.45) is 0 Å². The SMILES string of the molecule is CC(=O)c1cccc(NC(=O)c2cccc(C3O[C@H](CN4CCN(c5ncccn5)CC4)[C@@H](c4ccccc4)[C@H](c4ccc(CO)cc4)O3)c2)c1. The summed E-state index contributed by atoms with van der Waals surface area (Å²) in [6.07, 6.45) is 2.14. The van der Waals surface area contributed by atoms with Crippen molar-refractivity contribution in [3.8, 4) is 0 Å². The van der Waals surface area contributed by atoms with Gasteiger partial charge in [-0.15, -0.1) is 0 Å². The van der Waals surface area contributed by atoms with E-state index < -0.39 is 6.29 Å². The van der Waals surface area contributed by atoms with Crippen LogP contribution < -0.4 is 10.2 Å². The zero-order chi connectivity index (χ0) is 35.2. The number of anilines is 2. The maximum absolute atomic E-state index is 13.5. The second kappa shape index (κ2) is 15.7. The Morgan fingerprint density at radius 2 is 1.47 bits per heavy atom. The first-order chi connectivity index (χ1) is 24.9. The highest BCUT2D eigenvalue weighted by Crippen LogP contribution is 2.47. The van der Waals surface area contributed by atoms with Gasteiger partial charge in [0.05, 0.1) is 18.8 Å². The molecule has 1 amide bonds. The Morgan fingerprint density at radius 1 is 0.765 bits per heavy atom. The van der Waals surface area contributed by atoms with Gasteiger partial charge in [-0.05, 0) is 53.9 Å². The summed E-state index contributed by atoms with van der Waals surface area (Å²) in [5.74, 6) is 0.223. The Kier molecular flexibility index (Phi) is 10.6. The molecule has 2 aliphatic rings. The molecule has 2 aliphatic heterocycles.